The number of hydrogen-bond acceptors (Lipinski definition) is 4. The highest BCUT2D eigenvalue weighted by atomic mass is 16.6. The third-order valence-electron chi connectivity index (χ3n) is 2.92. The third kappa shape index (κ3) is 3.80. The number of carbonyl (C=O) groups is 1. The zero-order valence-corrected chi connectivity index (χ0v) is 10.1. The number of aliphatic hydroxyl groups excluding tert-OH is 1. The van der Waals surface area contributed by atoms with Crippen molar-refractivity contribution in [2.45, 2.75) is 31.5 Å². The molecule has 0 aliphatic carbocycles. The zero-order valence-electron chi connectivity index (χ0n) is 10.1. The Labute approximate surface area is 106 Å². The van der Waals surface area contributed by atoms with Crippen LogP contribution in [0.1, 0.15) is 18.4 Å². The van der Waals surface area contributed by atoms with E-state index in [1.54, 1.807) is 0 Å². The number of carbonyl (C=O) groups excluding carboxylic acids is 1. The van der Waals surface area contributed by atoms with Gasteiger partial charge in [-0.2, -0.15) is 5.48 Å². The van der Waals surface area contributed by atoms with Gasteiger partial charge in [0.15, 0.2) is 0 Å². The van der Waals surface area contributed by atoms with Gasteiger partial charge in [-0.1, -0.05) is 30.3 Å². The lowest BCUT2D eigenvalue weighted by Gasteiger charge is -2.28. The molecule has 0 bridgehead atoms. The maximum atomic E-state index is 11.4. The van der Waals surface area contributed by atoms with Crippen molar-refractivity contribution in [2.75, 3.05) is 6.61 Å². The Kier molecular flexibility index (Phi) is 4.69. The molecule has 0 aromatic heterocycles. The molecule has 1 amide bonds. The number of hydroxylamine groups is 1. The van der Waals surface area contributed by atoms with Gasteiger partial charge in [-0.05, 0) is 12.0 Å². The molecule has 1 heterocycles. The molecule has 1 aromatic carbocycles. The maximum Gasteiger partial charge on any atom is 0.221 e. The van der Waals surface area contributed by atoms with Gasteiger partial charge in [0.25, 0.3) is 0 Å². The maximum absolute atomic E-state index is 11.4. The molecule has 1 aliphatic rings. The Balaban J connectivity index is 1.74. The monoisotopic (exact) mass is 250 g/mol. The molecule has 1 saturated heterocycles. The fraction of sp³-hybridized carbons (Fsp3) is 0.462. The van der Waals surface area contributed by atoms with Crippen LogP contribution in [0, 0.1) is 0 Å². The SMILES string of the molecule is O=C1C[C@@H](NOCc2ccccc2)C[C@@H](CO)N1. The molecule has 5 heteroatoms. The number of hydrogen-bond donors (Lipinski definition) is 3. The van der Waals surface area contributed by atoms with E-state index < -0.39 is 0 Å². The Morgan fingerprint density at radius 1 is 1.39 bits per heavy atom. The summed E-state index contributed by atoms with van der Waals surface area (Å²) in [5.74, 6) is -0.0545. The van der Waals surface area contributed by atoms with Gasteiger partial charge in [0.05, 0.1) is 19.3 Å². The first-order valence-electron chi connectivity index (χ1n) is 6.09. The van der Waals surface area contributed by atoms with Crippen LogP contribution in [0.5, 0.6) is 0 Å². The summed E-state index contributed by atoms with van der Waals surface area (Å²) >= 11 is 0. The van der Waals surface area contributed by atoms with E-state index in [1.807, 2.05) is 30.3 Å². The molecular formula is C13H18N2O3. The molecule has 18 heavy (non-hydrogen) atoms. The van der Waals surface area contributed by atoms with E-state index in [4.69, 9.17) is 9.94 Å². The Morgan fingerprint density at radius 3 is 2.89 bits per heavy atom. The second kappa shape index (κ2) is 6.49. The Bertz CT molecular complexity index is 383. The Hall–Kier alpha value is -1.43. The van der Waals surface area contributed by atoms with Crippen molar-refractivity contribution >= 4 is 5.91 Å². The second-order valence-electron chi connectivity index (χ2n) is 4.48. The number of rotatable bonds is 5. The van der Waals surface area contributed by atoms with Gasteiger partial charge in [0, 0.05) is 12.5 Å². The summed E-state index contributed by atoms with van der Waals surface area (Å²) < 4.78 is 0. The molecule has 0 radical (unpaired) electrons. The lowest BCUT2D eigenvalue weighted by molar-refractivity contribution is -0.126. The quantitative estimate of drug-likeness (QED) is 0.659. The number of aliphatic hydroxyl groups is 1. The van der Waals surface area contributed by atoms with Crippen molar-refractivity contribution in [3.8, 4) is 0 Å². The van der Waals surface area contributed by atoms with E-state index >= 15 is 0 Å². The van der Waals surface area contributed by atoms with Gasteiger partial charge in [-0.3, -0.25) is 9.63 Å². The minimum atomic E-state index is -0.177. The number of piperidine rings is 1. The molecule has 1 fully saturated rings. The van der Waals surface area contributed by atoms with Gasteiger partial charge in [-0.25, -0.2) is 0 Å². The van der Waals surface area contributed by atoms with Crippen LogP contribution in [-0.4, -0.2) is 29.7 Å². The third-order valence-corrected chi connectivity index (χ3v) is 2.92. The van der Waals surface area contributed by atoms with Crippen LogP contribution < -0.4 is 10.8 Å². The standard InChI is InChI=1S/C13H18N2O3/c16-8-12-6-11(7-13(17)14-12)15-18-9-10-4-2-1-3-5-10/h1-5,11-12,15-16H,6-9H2,(H,14,17)/t11-,12-/m0/s1. The second-order valence-corrected chi connectivity index (χ2v) is 4.48. The van der Waals surface area contributed by atoms with Crippen molar-refractivity contribution in [1.29, 1.82) is 0 Å². The fourth-order valence-corrected chi connectivity index (χ4v) is 2.02. The highest BCUT2D eigenvalue weighted by Crippen LogP contribution is 2.10. The molecule has 0 saturated carbocycles. The van der Waals surface area contributed by atoms with Gasteiger partial charge in [0.1, 0.15) is 0 Å². The van der Waals surface area contributed by atoms with Crippen molar-refractivity contribution in [1.82, 2.24) is 10.8 Å². The van der Waals surface area contributed by atoms with E-state index in [2.05, 4.69) is 10.8 Å². The van der Waals surface area contributed by atoms with Crippen molar-refractivity contribution < 1.29 is 14.7 Å². The highest BCUT2D eigenvalue weighted by Gasteiger charge is 2.25. The number of amides is 1. The van der Waals surface area contributed by atoms with E-state index in [9.17, 15) is 4.79 Å². The normalized spacial score (nSPS) is 23.7. The van der Waals surface area contributed by atoms with Crippen molar-refractivity contribution in [2.24, 2.45) is 0 Å². The van der Waals surface area contributed by atoms with Crippen molar-refractivity contribution in [3.63, 3.8) is 0 Å². The van der Waals surface area contributed by atoms with Gasteiger partial charge >= 0.3 is 0 Å². The van der Waals surface area contributed by atoms with E-state index in [0.717, 1.165) is 5.56 Å². The summed E-state index contributed by atoms with van der Waals surface area (Å²) in [6.07, 6.45) is 1.06. The molecule has 3 N–H and O–H groups in total. The minimum absolute atomic E-state index is 0.0391. The van der Waals surface area contributed by atoms with Gasteiger partial charge in [-0.15, -0.1) is 0 Å². The topological polar surface area (TPSA) is 70.6 Å². The molecule has 0 unspecified atom stereocenters. The first-order chi connectivity index (χ1) is 8.78. The first kappa shape index (κ1) is 13.0. The van der Waals surface area contributed by atoms with Crippen LogP contribution in [0.4, 0.5) is 0 Å². The predicted octanol–water partition coefficient (Wildman–Crippen LogP) is 0.347. The van der Waals surface area contributed by atoms with E-state index in [0.29, 0.717) is 19.4 Å². The highest BCUT2D eigenvalue weighted by molar-refractivity contribution is 5.77. The molecular weight excluding hydrogens is 232 g/mol. The zero-order chi connectivity index (χ0) is 12.8. The fourth-order valence-electron chi connectivity index (χ4n) is 2.02. The molecule has 1 aliphatic heterocycles. The predicted molar refractivity (Wildman–Crippen MR) is 66.4 cm³/mol. The van der Waals surface area contributed by atoms with Crippen LogP contribution >= 0.6 is 0 Å². The lowest BCUT2D eigenvalue weighted by Crippen LogP contribution is -2.50. The molecule has 2 atom stereocenters. The molecule has 98 valence electrons. The summed E-state index contributed by atoms with van der Waals surface area (Å²) in [6, 6.07) is 9.60. The van der Waals surface area contributed by atoms with Gasteiger partial charge in [0.2, 0.25) is 5.91 Å². The number of benzene rings is 1. The van der Waals surface area contributed by atoms with E-state index in [-0.39, 0.29) is 24.6 Å². The first-order valence-corrected chi connectivity index (χ1v) is 6.09. The summed E-state index contributed by atoms with van der Waals surface area (Å²) in [5, 5.41) is 11.8. The van der Waals surface area contributed by atoms with E-state index in [1.165, 1.54) is 0 Å². The van der Waals surface area contributed by atoms with Crippen LogP contribution in [0.2, 0.25) is 0 Å². The average molecular weight is 250 g/mol. The Morgan fingerprint density at radius 2 is 2.17 bits per heavy atom. The largest absolute Gasteiger partial charge is 0.394 e. The summed E-state index contributed by atoms with van der Waals surface area (Å²) in [4.78, 5) is 16.7. The summed E-state index contributed by atoms with van der Waals surface area (Å²) in [5.41, 5.74) is 3.97. The van der Waals surface area contributed by atoms with Crippen molar-refractivity contribution in [3.05, 3.63) is 35.9 Å². The van der Waals surface area contributed by atoms with Crippen LogP contribution in [0.25, 0.3) is 0 Å². The average Bonchev–Trinajstić information content (AvgIpc) is 2.39. The molecule has 0 spiro atoms. The summed E-state index contributed by atoms with van der Waals surface area (Å²) in [6.45, 7) is 0.422. The van der Waals surface area contributed by atoms with Crippen LogP contribution in [0.15, 0.2) is 30.3 Å². The molecule has 2 rings (SSSR count). The molecule has 5 nitrogen and oxygen atoms in total. The summed E-state index contributed by atoms with van der Waals surface area (Å²) in [7, 11) is 0. The smallest absolute Gasteiger partial charge is 0.221 e. The van der Waals surface area contributed by atoms with Gasteiger partial charge < -0.3 is 10.4 Å². The molecule has 1 aromatic rings. The minimum Gasteiger partial charge on any atom is -0.394 e. The van der Waals surface area contributed by atoms with Crippen LogP contribution in [-0.2, 0) is 16.2 Å². The number of nitrogens with one attached hydrogen (secondary N) is 2. The lowest BCUT2D eigenvalue weighted by atomic mass is 10.0. The van der Waals surface area contributed by atoms with Crippen LogP contribution in [0.3, 0.4) is 0 Å².